The van der Waals surface area contributed by atoms with Gasteiger partial charge in [-0.3, -0.25) is 9.59 Å². The minimum absolute atomic E-state index is 0.0297. The molecule has 0 spiro atoms. The number of benzene rings is 1. The molecule has 2 heterocycles. The summed E-state index contributed by atoms with van der Waals surface area (Å²) < 4.78 is 0. The van der Waals surface area contributed by atoms with Crippen LogP contribution >= 0.6 is 0 Å². The lowest BCUT2D eigenvalue weighted by atomic mass is 9.92. The fraction of sp³-hybridized carbons (Fsp3) is 0.524. The Morgan fingerprint density at radius 2 is 1.92 bits per heavy atom. The molecule has 0 radical (unpaired) electrons. The minimum atomic E-state index is -0.208. The van der Waals surface area contributed by atoms with E-state index in [0.29, 0.717) is 12.3 Å². The number of amides is 2. The molecule has 3 rings (SSSR count). The van der Waals surface area contributed by atoms with E-state index < -0.39 is 0 Å². The summed E-state index contributed by atoms with van der Waals surface area (Å²) in [6, 6.07) is 7.81. The van der Waals surface area contributed by atoms with Crippen molar-refractivity contribution in [3.05, 3.63) is 41.6 Å². The quantitative estimate of drug-likeness (QED) is 0.884. The highest BCUT2D eigenvalue weighted by Crippen LogP contribution is 2.33. The average Bonchev–Trinajstić information content (AvgIpc) is 2.66. The first-order chi connectivity index (χ1) is 12.6. The van der Waals surface area contributed by atoms with E-state index in [0.717, 1.165) is 50.1 Å². The zero-order chi connectivity index (χ0) is 18.5. The SMILES string of the molecule is CCNCC1CCN(C(=O)CC2c3ccccc3C=CN2C(C)=O)CC1. The molecule has 140 valence electrons. The number of piperidine rings is 1. The molecule has 0 bridgehead atoms. The molecule has 0 aromatic heterocycles. The van der Waals surface area contributed by atoms with E-state index >= 15 is 0 Å². The maximum Gasteiger partial charge on any atom is 0.225 e. The smallest absolute Gasteiger partial charge is 0.225 e. The van der Waals surface area contributed by atoms with Crippen molar-refractivity contribution in [2.24, 2.45) is 5.92 Å². The van der Waals surface area contributed by atoms with E-state index in [-0.39, 0.29) is 17.9 Å². The Kier molecular flexibility index (Phi) is 6.09. The fourth-order valence-electron chi connectivity index (χ4n) is 3.94. The normalized spacial score (nSPS) is 20.2. The Morgan fingerprint density at radius 1 is 1.19 bits per heavy atom. The first-order valence-electron chi connectivity index (χ1n) is 9.64. The van der Waals surface area contributed by atoms with Crippen LogP contribution in [-0.2, 0) is 9.59 Å². The molecule has 1 N–H and O–H groups in total. The van der Waals surface area contributed by atoms with E-state index in [2.05, 4.69) is 12.2 Å². The van der Waals surface area contributed by atoms with Gasteiger partial charge in [-0.2, -0.15) is 0 Å². The van der Waals surface area contributed by atoms with Gasteiger partial charge in [-0.15, -0.1) is 0 Å². The van der Waals surface area contributed by atoms with Crippen molar-refractivity contribution in [1.82, 2.24) is 15.1 Å². The van der Waals surface area contributed by atoms with Gasteiger partial charge in [0.1, 0.15) is 0 Å². The Morgan fingerprint density at radius 3 is 2.62 bits per heavy atom. The van der Waals surface area contributed by atoms with Gasteiger partial charge >= 0.3 is 0 Å². The second-order valence-corrected chi connectivity index (χ2v) is 7.22. The van der Waals surface area contributed by atoms with E-state index in [1.54, 1.807) is 11.8 Å². The summed E-state index contributed by atoms with van der Waals surface area (Å²) >= 11 is 0. The summed E-state index contributed by atoms with van der Waals surface area (Å²) in [5.41, 5.74) is 2.15. The molecule has 1 fully saturated rings. The molecule has 0 saturated carbocycles. The molecular formula is C21H29N3O2. The lowest BCUT2D eigenvalue weighted by Gasteiger charge is -2.36. The number of carbonyl (C=O) groups is 2. The molecule has 2 amide bonds. The number of hydrogen-bond donors (Lipinski definition) is 1. The molecule has 1 saturated heterocycles. The largest absolute Gasteiger partial charge is 0.343 e. The fourth-order valence-corrected chi connectivity index (χ4v) is 3.94. The number of nitrogens with zero attached hydrogens (tertiary/aromatic N) is 2. The lowest BCUT2D eigenvalue weighted by molar-refractivity contribution is -0.135. The number of rotatable bonds is 5. The summed E-state index contributed by atoms with van der Waals surface area (Å²) in [6.07, 6.45) is 6.21. The summed E-state index contributed by atoms with van der Waals surface area (Å²) in [5, 5.41) is 3.40. The second-order valence-electron chi connectivity index (χ2n) is 7.22. The molecule has 26 heavy (non-hydrogen) atoms. The molecule has 1 atom stereocenters. The van der Waals surface area contributed by atoms with Gasteiger partial charge in [0.2, 0.25) is 11.8 Å². The van der Waals surface area contributed by atoms with Crippen LogP contribution in [0.5, 0.6) is 0 Å². The van der Waals surface area contributed by atoms with Crippen molar-refractivity contribution in [2.45, 2.75) is 39.2 Å². The zero-order valence-corrected chi connectivity index (χ0v) is 15.8. The van der Waals surface area contributed by atoms with E-state index in [1.165, 1.54) is 0 Å². The first kappa shape index (κ1) is 18.6. The maximum atomic E-state index is 12.9. The molecule has 5 heteroatoms. The summed E-state index contributed by atoms with van der Waals surface area (Å²) in [5.74, 6) is 0.775. The van der Waals surface area contributed by atoms with E-state index in [4.69, 9.17) is 0 Å². The van der Waals surface area contributed by atoms with Crippen LogP contribution in [0.2, 0.25) is 0 Å². The third-order valence-corrected chi connectivity index (χ3v) is 5.49. The monoisotopic (exact) mass is 355 g/mol. The first-order valence-corrected chi connectivity index (χ1v) is 9.64. The van der Waals surface area contributed by atoms with Crippen molar-refractivity contribution < 1.29 is 9.59 Å². The molecule has 0 aliphatic carbocycles. The predicted molar refractivity (Wildman–Crippen MR) is 103 cm³/mol. The van der Waals surface area contributed by atoms with Crippen molar-refractivity contribution in [3.8, 4) is 0 Å². The van der Waals surface area contributed by atoms with Gasteiger partial charge in [0, 0.05) is 26.2 Å². The molecule has 1 aromatic rings. The molecule has 1 aromatic carbocycles. The number of nitrogens with one attached hydrogen (secondary N) is 1. The Hall–Kier alpha value is -2.14. The van der Waals surface area contributed by atoms with E-state index in [9.17, 15) is 9.59 Å². The van der Waals surface area contributed by atoms with Crippen LogP contribution in [-0.4, -0.2) is 47.8 Å². The van der Waals surface area contributed by atoms with Gasteiger partial charge < -0.3 is 15.1 Å². The Bertz CT molecular complexity index is 678. The van der Waals surface area contributed by atoms with E-state index in [1.807, 2.05) is 41.4 Å². The van der Waals surface area contributed by atoms with Gasteiger partial charge in [-0.1, -0.05) is 31.2 Å². The lowest BCUT2D eigenvalue weighted by Crippen LogP contribution is -2.42. The van der Waals surface area contributed by atoms with Crippen LogP contribution in [0.3, 0.4) is 0 Å². The maximum absolute atomic E-state index is 12.9. The van der Waals surface area contributed by atoms with Gasteiger partial charge in [0.25, 0.3) is 0 Å². The zero-order valence-electron chi connectivity index (χ0n) is 15.8. The van der Waals surface area contributed by atoms with Crippen molar-refractivity contribution >= 4 is 17.9 Å². The van der Waals surface area contributed by atoms with Crippen molar-refractivity contribution in [3.63, 3.8) is 0 Å². The van der Waals surface area contributed by atoms with Crippen LogP contribution < -0.4 is 5.32 Å². The third kappa shape index (κ3) is 4.15. The minimum Gasteiger partial charge on any atom is -0.343 e. The molecule has 2 aliphatic heterocycles. The molecule has 1 unspecified atom stereocenters. The topological polar surface area (TPSA) is 52.7 Å². The highest BCUT2D eigenvalue weighted by atomic mass is 16.2. The standard InChI is InChI=1S/C21H29N3O2/c1-3-22-15-17-8-11-23(12-9-17)21(26)14-20-19-7-5-4-6-18(19)10-13-24(20)16(2)25/h4-7,10,13,17,20,22H,3,8-9,11-12,14-15H2,1-2H3. The number of fused-ring (bicyclic) bond motifs is 1. The van der Waals surface area contributed by atoms with Gasteiger partial charge in [0.05, 0.1) is 12.5 Å². The van der Waals surface area contributed by atoms with Gasteiger partial charge in [0.15, 0.2) is 0 Å². The number of carbonyl (C=O) groups excluding carboxylic acids is 2. The van der Waals surface area contributed by atoms with Gasteiger partial charge in [-0.05, 0) is 49.1 Å². The van der Waals surface area contributed by atoms with Crippen LogP contribution in [0, 0.1) is 5.92 Å². The second kappa shape index (κ2) is 8.49. The van der Waals surface area contributed by atoms with Crippen LogP contribution in [0.25, 0.3) is 6.08 Å². The van der Waals surface area contributed by atoms with Crippen LogP contribution in [0.1, 0.15) is 50.3 Å². The summed E-state index contributed by atoms with van der Waals surface area (Å²) in [4.78, 5) is 28.6. The summed E-state index contributed by atoms with van der Waals surface area (Å²) in [6.45, 7) is 7.35. The predicted octanol–water partition coefficient (Wildman–Crippen LogP) is 2.80. The molecule has 5 nitrogen and oxygen atoms in total. The summed E-state index contributed by atoms with van der Waals surface area (Å²) in [7, 11) is 0. The van der Waals surface area contributed by atoms with Crippen molar-refractivity contribution in [1.29, 1.82) is 0 Å². The number of likely N-dealkylation sites (tertiary alicyclic amines) is 1. The molecule has 2 aliphatic rings. The number of hydrogen-bond acceptors (Lipinski definition) is 3. The van der Waals surface area contributed by atoms with Crippen molar-refractivity contribution in [2.75, 3.05) is 26.2 Å². The highest BCUT2D eigenvalue weighted by molar-refractivity contribution is 5.82. The molecular weight excluding hydrogens is 326 g/mol. The Balaban J connectivity index is 1.66. The van der Waals surface area contributed by atoms with Crippen LogP contribution in [0.4, 0.5) is 0 Å². The highest BCUT2D eigenvalue weighted by Gasteiger charge is 2.31. The Labute approximate surface area is 156 Å². The third-order valence-electron chi connectivity index (χ3n) is 5.49. The average molecular weight is 355 g/mol. The van der Waals surface area contributed by atoms with Gasteiger partial charge in [-0.25, -0.2) is 0 Å². The van der Waals surface area contributed by atoms with Crippen LogP contribution in [0.15, 0.2) is 30.5 Å².